The minimum absolute atomic E-state index is 0.250. The second-order valence-corrected chi connectivity index (χ2v) is 4.83. The standard InChI is InChI=1S/C16H14N2O3/c1-9-4-3-5-11(15(19)21-2)14(9)10-6-7-12-13(8-10)18-16(20)17-12/h3-8H,1-2H3,(H2,17,18,20). The molecular formula is C16H14N2O3. The Balaban J connectivity index is 2.26. The number of esters is 1. The van der Waals surface area contributed by atoms with Crippen molar-refractivity contribution < 1.29 is 9.53 Å². The van der Waals surface area contributed by atoms with Gasteiger partial charge in [-0.05, 0) is 41.8 Å². The predicted molar refractivity (Wildman–Crippen MR) is 80.4 cm³/mol. The first-order valence-electron chi connectivity index (χ1n) is 6.50. The molecule has 0 aliphatic rings. The van der Waals surface area contributed by atoms with Crippen molar-refractivity contribution in [2.45, 2.75) is 6.92 Å². The molecule has 1 heterocycles. The number of rotatable bonds is 2. The quantitative estimate of drug-likeness (QED) is 0.709. The number of fused-ring (bicyclic) bond motifs is 1. The Kier molecular flexibility index (Phi) is 3.10. The third kappa shape index (κ3) is 2.23. The first-order chi connectivity index (χ1) is 10.1. The van der Waals surface area contributed by atoms with Crippen LogP contribution in [-0.2, 0) is 4.74 Å². The fourth-order valence-corrected chi connectivity index (χ4v) is 2.52. The van der Waals surface area contributed by atoms with Crippen LogP contribution in [0.25, 0.3) is 22.2 Å². The summed E-state index contributed by atoms with van der Waals surface area (Å²) in [6.45, 7) is 1.94. The molecule has 0 bridgehead atoms. The van der Waals surface area contributed by atoms with E-state index in [-0.39, 0.29) is 11.7 Å². The van der Waals surface area contributed by atoms with E-state index in [0.717, 1.165) is 22.2 Å². The summed E-state index contributed by atoms with van der Waals surface area (Å²) < 4.78 is 4.84. The molecular weight excluding hydrogens is 268 g/mol. The van der Waals surface area contributed by atoms with Crippen LogP contribution in [-0.4, -0.2) is 23.0 Å². The van der Waals surface area contributed by atoms with E-state index in [4.69, 9.17) is 4.74 Å². The molecule has 5 heteroatoms. The topological polar surface area (TPSA) is 75.0 Å². The Morgan fingerprint density at radius 1 is 1.10 bits per heavy atom. The number of hydrogen-bond donors (Lipinski definition) is 2. The highest BCUT2D eigenvalue weighted by Crippen LogP contribution is 2.29. The van der Waals surface area contributed by atoms with Gasteiger partial charge in [0.2, 0.25) is 0 Å². The van der Waals surface area contributed by atoms with Gasteiger partial charge >= 0.3 is 11.7 Å². The van der Waals surface area contributed by atoms with Crippen LogP contribution in [0, 0.1) is 6.92 Å². The molecule has 0 atom stereocenters. The zero-order valence-corrected chi connectivity index (χ0v) is 11.7. The summed E-state index contributed by atoms with van der Waals surface area (Å²) in [7, 11) is 1.36. The highest BCUT2D eigenvalue weighted by molar-refractivity contribution is 5.99. The molecule has 1 aromatic heterocycles. The van der Waals surface area contributed by atoms with Crippen LogP contribution in [0.4, 0.5) is 0 Å². The Bertz CT molecular complexity index is 890. The van der Waals surface area contributed by atoms with Gasteiger partial charge in [0.1, 0.15) is 0 Å². The van der Waals surface area contributed by atoms with Crippen LogP contribution in [0.1, 0.15) is 15.9 Å². The molecule has 2 aromatic carbocycles. The average Bonchev–Trinajstić information content (AvgIpc) is 2.85. The zero-order valence-electron chi connectivity index (χ0n) is 11.7. The lowest BCUT2D eigenvalue weighted by Crippen LogP contribution is -2.04. The van der Waals surface area contributed by atoms with Gasteiger partial charge in [0, 0.05) is 0 Å². The molecule has 0 saturated carbocycles. The van der Waals surface area contributed by atoms with Gasteiger partial charge in [-0.2, -0.15) is 0 Å². The van der Waals surface area contributed by atoms with Crippen LogP contribution in [0.15, 0.2) is 41.2 Å². The van der Waals surface area contributed by atoms with Crippen LogP contribution in [0.5, 0.6) is 0 Å². The van der Waals surface area contributed by atoms with Crippen molar-refractivity contribution >= 4 is 17.0 Å². The highest BCUT2D eigenvalue weighted by Gasteiger charge is 2.15. The van der Waals surface area contributed by atoms with E-state index in [1.165, 1.54) is 7.11 Å². The SMILES string of the molecule is COC(=O)c1cccc(C)c1-c1ccc2[nH]c(=O)[nH]c2c1. The Labute approximate surface area is 120 Å². The number of benzene rings is 2. The van der Waals surface area contributed by atoms with E-state index < -0.39 is 0 Å². The second-order valence-electron chi connectivity index (χ2n) is 4.83. The molecule has 0 radical (unpaired) electrons. The minimum atomic E-state index is -0.378. The van der Waals surface area contributed by atoms with E-state index in [1.54, 1.807) is 6.07 Å². The molecule has 3 aromatic rings. The van der Waals surface area contributed by atoms with Gasteiger partial charge in [-0.1, -0.05) is 18.2 Å². The molecule has 0 aliphatic heterocycles. The zero-order chi connectivity index (χ0) is 15.0. The van der Waals surface area contributed by atoms with Gasteiger partial charge in [-0.15, -0.1) is 0 Å². The summed E-state index contributed by atoms with van der Waals surface area (Å²) >= 11 is 0. The van der Waals surface area contributed by atoms with Gasteiger partial charge in [-0.25, -0.2) is 9.59 Å². The van der Waals surface area contributed by atoms with Crippen molar-refractivity contribution in [3.05, 3.63) is 58.0 Å². The number of carbonyl (C=O) groups excluding carboxylic acids is 1. The third-order valence-electron chi connectivity index (χ3n) is 3.48. The fraction of sp³-hybridized carbons (Fsp3) is 0.125. The summed E-state index contributed by atoms with van der Waals surface area (Å²) in [6.07, 6.45) is 0. The summed E-state index contributed by atoms with van der Waals surface area (Å²) in [4.78, 5) is 28.7. The maximum Gasteiger partial charge on any atom is 0.338 e. The highest BCUT2D eigenvalue weighted by atomic mass is 16.5. The first kappa shape index (κ1) is 13.2. The lowest BCUT2D eigenvalue weighted by atomic mass is 9.95. The van der Waals surface area contributed by atoms with E-state index >= 15 is 0 Å². The summed E-state index contributed by atoms with van der Waals surface area (Å²) in [5.74, 6) is -0.378. The average molecular weight is 282 g/mol. The third-order valence-corrected chi connectivity index (χ3v) is 3.48. The summed E-state index contributed by atoms with van der Waals surface area (Å²) in [5.41, 5.74) is 4.34. The number of carbonyl (C=O) groups is 1. The smallest absolute Gasteiger partial charge is 0.338 e. The largest absolute Gasteiger partial charge is 0.465 e. The van der Waals surface area contributed by atoms with Crippen molar-refractivity contribution in [2.24, 2.45) is 0 Å². The normalized spacial score (nSPS) is 10.8. The van der Waals surface area contributed by atoms with E-state index in [0.29, 0.717) is 11.1 Å². The maximum atomic E-state index is 11.9. The molecule has 0 fully saturated rings. The van der Waals surface area contributed by atoms with E-state index in [2.05, 4.69) is 9.97 Å². The maximum absolute atomic E-state index is 11.9. The summed E-state index contributed by atoms with van der Waals surface area (Å²) in [5, 5.41) is 0. The molecule has 0 aliphatic carbocycles. The predicted octanol–water partition coefficient (Wildman–Crippen LogP) is 2.62. The molecule has 0 saturated heterocycles. The fourth-order valence-electron chi connectivity index (χ4n) is 2.52. The molecule has 106 valence electrons. The molecule has 0 spiro atoms. The van der Waals surface area contributed by atoms with Crippen LogP contribution in [0.3, 0.4) is 0 Å². The Morgan fingerprint density at radius 2 is 1.86 bits per heavy atom. The Hall–Kier alpha value is -2.82. The van der Waals surface area contributed by atoms with Gasteiger partial charge in [-0.3, -0.25) is 0 Å². The molecule has 5 nitrogen and oxygen atoms in total. The first-order valence-corrected chi connectivity index (χ1v) is 6.50. The molecule has 3 rings (SSSR count). The number of nitrogens with one attached hydrogen (secondary N) is 2. The number of hydrogen-bond acceptors (Lipinski definition) is 3. The lowest BCUT2D eigenvalue weighted by Gasteiger charge is -2.11. The molecule has 0 amide bonds. The van der Waals surface area contributed by atoms with E-state index in [9.17, 15) is 9.59 Å². The van der Waals surface area contributed by atoms with Crippen molar-refractivity contribution in [3.8, 4) is 11.1 Å². The number of aromatic amines is 2. The Morgan fingerprint density at radius 3 is 2.62 bits per heavy atom. The number of methoxy groups -OCH3 is 1. The van der Waals surface area contributed by atoms with Gasteiger partial charge in [0.25, 0.3) is 0 Å². The number of ether oxygens (including phenoxy) is 1. The second kappa shape index (κ2) is 4.94. The molecule has 2 N–H and O–H groups in total. The molecule has 0 unspecified atom stereocenters. The summed E-state index contributed by atoms with van der Waals surface area (Å²) in [6, 6.07) is 11.0. The molecule has 21 heavy (non-hydrogen) atoms. The van der Waals surface area contributed by atoms with Crippen molar-refractivity contribution in [3.63, 3.8) is 0 Å². The van der Waals surface area contributed by atoms with Crippen LogP contribution >= 0.6 is 0 Å². The van der Waals surface area contributed by atoms with Gasteiger partial charge < -0.3 is 14.7 Å². The number of aryl methyl sites for hydroxylation is 1. The van der Waals surface area contributed by atoms with E-state index in [1.807, 2.05) is 37.3 Å². The van der Waals surface area contributed by atoms with Crippen molar-refractivity contribution in [1.82, 2.24) is 9.97 Å². The number of imidazole rings is 1. The number of H-pyrrole nitrogens is 2. The van der Waals surface area contributed by atoms with Crippen molar-refractivity contribution in [2.75, 3.05) is 7.11 Å². The van der Waals surface area contributed by atoms with Crippen LogP contribution < -0.4 is 5.69 Å². The minimum Gasteiger partial charge on any atom is -0.465 e. The van der Waals surface area contributed by atoms with Crippen molar-refractivity contribution in [1.29, 1.82) is 0 Å². The monoisotopic (exact) mass is 282 g/mol. The van der Waals surface area contributed by atoms with Gasteiger partial charge in [0.15, 0.2) is 0 Å². The lowest BCUT2D eigenvalue weighted by molar-refractivity contribution is 0.0601. The van der Waals surface area contributed by atoms with Crippen LogP contribution in [0.2, 0.25) is 0 Å². The van der Waals surface area contributed by atoms with Gasteiger partial charge in [0.05, 0.1) is 23.7 Å². The number of aromatic nitrogens is 2.